The van der Waals surface area contributed by atoms with Crippen LogP contribution < -0.4 is 0 Å². The Hall–Kier alpha value is -0.413. The van der Waals surface area contributed by atoms with Crippen molar-refractivity contribution >= 4 is 14.6 Å². The molecule has 1 saturated carbocycles. The Balaban J connectivity index is 2.99. The van der Waals surface area contributed by atoms with Crippen molar-refractivity contribution in [2.75, 3.05) is 0 Å². The fraction of sp³-hybridized carbons (Fsp3) is 0.812. The van der Waals surface area contributed by atoms with Gasteiger partial charge >= 0.3 is 0 Å². The Bertz CT molecular complexity index is 291. The molecule has 0 radical (unpaired) electrons. The zero-order valence-electron chi connectivity index (χ0n) is 12.9. The summed E-state index contributed by atoms with van der Waals surface area (Å²) in [7, 11) is -1.66. The van der Waals surface area contributed by atoms with E-state index in [2.05, 4.69) is 27.4 Å². The topological polar surface area (TPSA) is 26.3 Å². The number of carbonyl (C=O) groups excluding carboxylic acids is 1. The van der Waals surface area contributed by atoms with Gasteiger partial charge in [-0.2, -0.15) is 0 Å². The predicted octanol–water partition coefficient (Wildman–Crippen LogP) is 4.71. The minimum Gasteiger partial charge on any atom is -0.408 e. The van der Waals surface area contributed by atoms with Crippen LogP contribution in [0.25, 0.3) is 0 Å². The first-order valence-corrected chi connectivity index (χ1v) is 10.4. The van der Waals surface area contributed by atoms with E-state index in [0.717, 1.165) is 37.3 Å². The van der Waals surface area contributed by atoms with Gasteiger partial charge in [-0.05, 0) is 36.9 Å². The lowest BCUT2D eigenvalue weighted by Gasteiger charge is -2.47. The highest BCUT2D eigenvalue weighted by molar-refractivity contribution is 6.73. The van der Waals surface area contributed by atoms with Gasteiger partial charge in [0.25, 0.3) is 0 Å². The van der Waals surface area contributed by atoms with Crippen LogP contribution in [-0.2, 0) is 9.22 Å². The van der Waals surface area contributed by atoms with E-state index < -0.39 is 8.32 Å². The van der Waals surface area contributed by atoms with E-state index in [0.29, 0.717) is 12.3 Å². The van der Waals surface area contributed by atoms with Crippen molar-refractivity contribution in [2.45, 2.75) is 76.6 Å². The van der Waals surface area contributed by atoms with Gasteiger partial charge in [0.1, 0.15) is 6.29 Å². The van der Waals surface area contributed by atoms with Crippen molar-refractivity contribution in [3.63, 3.8) is 0 Å². The van der Waals surface area contributed by atoms with E-state index >= 15 is 0 Å². The summed E-state index contributed by atoms with van der Waals surface area (Å²) in [4.78, 5) is 11.0. The summed E-state index contributed by atoms with van der Waals surface area (Å²) in [5, 5.41) is 0. The molecule has 1 aliphatic rings. The first-order chi connectivity index (χ1) is 9.12. The summed E-state index contributed by atoms with van der Waals surface area (Å²) < 4.78 is 6.79. The molecular weight excluding hydrogens is 252 g/mol. The fourth-order valence-electron chi connectivity index (χ4n) is 3.49. The highest BCUT2D eigenvalue weighted by atomic mass is 28.4. The normalized spacial score (nSPS) is 28.1. The van der Waals surface area contributed by atoms with Crippen LogP contribution in [0.4, 0.5) is 0 Å². The molecule has 0 saturated heterocycles. The van der Waals surface area contributed by atoms with Crippen molar-refractivity contribution in [3.05, 3.63) is 12.7 Å². The molecule has 1 fully saturated rings. The number of rotatable bonds is 8. The maximum absolute atomic E-state index is 11.0. The second kappa shape index (κ2) is 7.39. The largest absolute Gasteiger partial charge is 0.408 e. The second-order valence-corrected chi connectivity index (χ2v) is 10.5. The Labute approximate surface area is 119 Å². The van der Waals surface area contributed by atoms with Gasteiger partial charge in [0.15, 0.2) is 8.32 Å². The van der Waals surface area contributed by atoms with Gasteiger partial charge in [0, 0.05) is 6.42 Å². The summed E-state index contributed by atoms with van der Waals surface area (Å²) in [5.74, 6) is 0.341. The molecule has 0 aromatic heterocycles. The molecule has 0 amide bonds. The van der Waals surface area contributed by atoms with Crippen molar-refractivity contribution in [3.8, 4) is 0 Å². The summed E-state index contributed by atoms with van der Waals surface area (Å²) in [6.45, 7) is 10.8. The minimum absolute atomic E-state index is 0.229. The number of hydrogen-bond donors (Lipinski definition) is 0. The molecule has 0 aromatic carbocycles. The van der Waals surface area contributed by atoms with Crippen molar-refractivity contribution in [1.29, 1.82) is 0 Å². The van der Waals surface area contributed by atoms with Gasteiger partial charge in [0.2, 0.25) is 0 Å². The van der Waals surface area contributed by atoms with Crippen LogP contribution in [0.2, 0.25) is 18.1 Å². The van der Waals surface area contributed by atoms with E-state index in [1.807, 2.05) is 6.08 Å². The van der Waals surface area contributed by atoms with E-state index in [1.54, 1.807) is 0 Å². The smallest absolute Gasteiger partial charge is 0.193 e. The molecule has 0 unspecified atom stereocenters. The molecule has 0 spiro atoms. The van der Waals surface area contributed by atoms with Crippen LogP contribution in [0.5, 0.6) is 0 Å². The van der Waals surface area contributed by atoms with Crippen molar-refractivity contribution in [1.82, 2.24) is 0 Å². The van der Waals surface area contributed by atoms with Crippen LogP contribution >= 0.6 is 0 Å². The van der Waals surface area contributed by atoms with Crippen molar-refractivity contribution in [2.24, 2.45) is 5.92 Å². The van der Waals surface area contributed by atoms with Crippen LogP contribution in [0.15, 0.2) is 12.7 Å². The van der Waals surface area contributed by atoms with Gasteiger partial charge in [-0.15, -0.1) is 6.58 Å². The minimum atomic E-state index is -1.66. The highest BCUT2D eigenvalue weighted by Gasteiger charge is 2.44. The molecule has 0 aliphatic heterocycles. The summed E-state index contributed by atoms with van der Waals surface area (Å²) in [6.07, 6.45) is 8.26. The molecule has 2 atom stereocenters. The summed E-state index contributed by atoms with van der Waals surface area (Å²) in [5.41, 5.74) is -0.229. The van der Waals surface area contributed by atoms with Crippen molar-refractivity contribution < 1.29 is 9.22 Å². The molecule has 0 bridgehead atoms. The molecule has 1 rings (SSSR count). The number of hydrogen-bond acceptors (Lipinski definition) is 2. The number of aldehydes is 1. The first-order valence-electron chi connectivity index (χ1n) is 7.89. The van der Waals surface area contributed by atoms with Gasteiger partial charge in [-0.1, -0.05) is 39.7 Å². The molecule has 0 N–H and O–H groups in total. The molecular formula is C16H30O2Si. The third kappa shape index (κ3) is 3.57. The second-order valence-electron chi connectivity index (χ2n) is 5.85. The standard InChI is InChI=1S/C16H30O2Si/c1-5-16(18-19(6-2,7-3)8-4)13-10-9-11-15(16)12-14-17/h5,14-15H,1,6-13H2,2-4H3/t15-,16-/m1/s1. The summed E-state index contributed by atoms with van der Waals surface area (Å²) in [6, 6.07) is 3.47. The molecule has 3 heteroatoms. The Morgan fingerprint density at radius 1 is 1.26 bits per heavy atom. The average molecular weight is 282 g/mol. The van der Waals surface area contributed by atoms with Gasteiger partial charge < -0.3 is 9.22 Å². The van der Waals surface area contributed by atoms with Crippen LogP contribution in [0.3, 0.4) is 0 Å². The highest BCUT2D eigenvalue weighted by Crippen LogP contribution is 2.43. The maximum Gasteiger partial charge on any atom is 0.193 e. The van der Waals surface area contributed by atoms with E-state index in [9.17, 15) is 4.79 Å². The van der Waals surface area contributed by atoms with E-state index in [4.69, 9.17) is 4.43 Å². The zero-order valence-corrected chi connectivity index (χ0v) is 13.9. The average Bonchev–Trinajstić information content (AvgIpc) is 2.47. The maximum atomic E-state index is 11.0. The predicted molar refractivity (Wildman–Crippen MR) is 83.8 cm³/mol. The first kappa shape index (κ1) is 16.6. The zero-order chi connectivity index (χ0) is 14.4. The third-order valence-corrected chi connectivity index (χ3v) is 9.81. The van der Waals surface area contributed by atoms with E-state index in [1.165, 1.54) is 12.8 Å². The Morgan fingerprint density at radius 3 is 2.37 bits per heavy atom. The van der Waals surface area contributed by atoms with Crippen LogP contribution in [-0.4, -0.2) is 20.2 Å². The lowest BCUT2D eigenvalue weighted by Crippen LogP contribution is -2.51. The Morgan fingerprint density at radius 2 is 1.89 bits per heavy atom. The van der Waals surface area contributed by atoms with Crippen LogP contribution in [0, 0.1) is 5.92 Å². The van der Waals surface area contributed by atoms with Gasteiger partial charge in [-0.25, -0.2) is 0 Å². The molecule has 110 valence electrons. The number of carbonyl (C=O) groups is 1. The summed E-state index contributed by atoms with van der Waals surface area (Å²) >= 11 is 0. The monoisotopic (exact) mass is 282 g/mol. The molecule has 0 heterocycles. The lowest BCUT2D eigenvalue weighted by atomic mass is 9.74. The quantitative estimate of drug-likeness (QED) is 0.366. The molecule has 2 nitrogen and oxygen atoms in total. The van der Waals surface area contributed by atoms with E-state index in [-0.39, 0.29) is 5.60 Å². The third-order valence-electron chi connectivity index (χ3n) is 5.13. The molecule has 0 aromatic rings. The SMILES string of the molecule is C=C[C@@]1(O[Si](CC)(CC)CC)CCCC[C@@H]1CC=O. The fourth-order valence-corrected chi connectivity index (χ4v) is 6.58. The molecule has 19 heavy (non-hydrogen) atoms. The van der Waals surface area contributed by atoms with Gasteiger partial charge in [0.05, 0.1) is 5.60 Å². The van der Waals surface area contributed by atoms with Crippen LogP contribution in [0.1, 0.15) is 52.9 Å². The Kier molecular flexibility index (Phi) is 6.47. The molecule has 1 aliphatic carbocycles. The van der Waals surface area contributed by atoms with Gasteiger partial charge in [-0.3, -0.25) is 0 Å². The lowest BCUT2D eigenvalue weighted by molar-refractivity contribution is -0.111.